The summed E-state index contributed by atoms with van der Waals surface area (Å²) in [4.78, 5) is 0. The van der Waals surface area contributed by atoms with Crippen molar-refractivity contribution in [3.05, 3.63) is 34.6 Å². The minimum absolute atomic E-state index is 0.380. The highest BCUT2D eigenvalue weighted by molar-refractivity contribution is 5.41. The predicted molar refractivity (Wildman–Crippen MR) is 110 cm³/mol. The highest BCUT2D eigenvalue weighted by atomic mass is 16.5. The van der Waals surface area contributed by atoms with Gasteiger partial charge in [0.1, 0.15) is 0 Å². The predicted octanol–water partition coefficient (Wildman–Crippen LogP) is 7.21. The van der Waals surface area contributed by atoms with E-state index in [1.807, 2.05) is 0 Å². The smallest absolute Gasteiger partial charge is 0.0962 e. The average Bonchev–Trinajstić information content (AvgIpc) is 2.98. The first-order chi connectivity index (χ1) is 12.5. The van der Waals surface area contributed by atoms with Crippen LogP contribution >= 0.6 is 0 Å². The van der Waals surface area contributed by atoms with Crippen molar-refractivity contribution < 1.29 is 4.74 Å². The molecular formula is C25H38O. The highest BCUT2D eigenvalue weighted by Crippen LogP contribution is 2.66. The zero-order valence-electron chi connectivity index (χ0n) is 17.7. The van der Waals surface area contributed by atoms with Crippen molar-refractivity contribution in [3.63, 3.8) is 0 Å². The Kier molecular flexibility index (Phi) is 4.65. The first-order valence-corrected chi connectivity index (χ1v) is 11.2. The van der Waals surface area contributed by atoms with E-state index in [4.69, 9.17) is 4.74 Å². The third-order valence-electron chi connectivity index (χ3n) is 8.81. The zero-order valence-corrected chi connectivity index (χ0v) is 17.7. The van der Waals surface area contributed by atoms with Gasteiger partial charge in [0.05, 0.1) is 12.4 Å². The Labute approximate surface area is 161 Å². The van der Waals surface area contributed by atoms with E-state index >= 15 is 0 Å². The lowest BCUT2D eigenvalue weighted by molar-refractivity contribution is -0.0162. The van der Waals surface area contributed by atoms with Gasteiger partial charge in [-0.1, -0.05) is 44.9 Å². The summed E-state index contributed by atoms with van der Waals surface area (Å²) in [5, 5.41) is 0. The van der Waals surface area contributed by atoms with Gasteiger partial charge < -0.3 is 4.74 Å². The Morgan fingerprint density at radius 2 is 1.85 bits per heavy atom. The van der Waals surface area contributed by atoms with E-state index in [-0.39, 0.29) is 0 Å². The van der Waals surface area contributed by atoms with Crippen molar-refractivity contribution in [2.75, 3.05) is 6.61 Å². The number of allylic oxidation sites excluding steroid dienone is 6. The maximum Gasteiger partial charge on any atom is 0.0962 e. The molecule has 0 aromatic rings. The molecule has 144 valence electrons. The quantitative estimate of drug-likeness (QED) is 0.485. The maximum atomic E-state index is 5.94. The molecule has 0 aliphatic heterocycles. The van der Waals surface area contributed by atoms with Crippen LogP contribution in [0.15, 0.2) is 34.6 Å². The van der Waals surface area contributed by atoms with E-state index in [0.717, 1.165) is 30.8 Å². The van der Waals surface area contributed by atoms with Gasteiger partial charge in [0, 0.05) is 6.42 Å². The number of rotatable bonds is 4. The Hall–Kier alpha value is -0.980. The van der Waals surface area contributed by atoms with Gasteiger partial charge in [-0.2, -0.15) is 0 Å². The Morgan fingerprint density at radius 1 is 1.04 bits per heavy atom. The molecule has 1 fully saturated rings. The van der Waals surface area contributed by atoms with Gasteiger partial charge in [0.25, 0.3) is 0 Å². The lowest BCUT2D eigenvalue weighted by atomic mass is 9.47. The molecule has 0 aromatic carbocycles. The topological polar surface area (TPSA) is 9.23 Å². The molecule has 26 heavy (non-hydrogen) atoms. The fourth-order valence-corrected chi connectivity index (χ4v) is 7.40. The maximum absolute atomic E-state index is 5.94. The lowest BCUT2D eigenvalue weighted by Gasteiger charge is -2.58. The summed E-state index contributed by atoms with van der Waals surface area (Å²) in [6, 6.07) is 0. The molecule has 1 saturated carbocycles. The van der Waals surface area contributed by atoms with E-state index in [2.05, 4.69) is 46.8 Å². The van der Waals surface area contributed by atoms with Crippen molar-refractivity contribution in [2.45, 2.75) is 86.0 Å². The monoisotopic (exact) mass is 354 g/mol. The first kappa shape index (κ1) is 18.4. The standard InChI is InChI=1S/C25H38O/c1-6-17-15-20-21-10-9-18(7-2)24(21,4)14-12-22(20)25(5)13-11-19(26-8-3)16-23(17)25/h9,16,20-22H,6-8,10-15H2,1-5H3. The van der Waals surface area contributed by atoms with E-state index in [1.165, 1.54) is 50.7 Å². The average molecular weight is 355 g/mol. The summed E-state index contributed by atoms with van der Waals surface area (Å²) >= 11 is 0. The van der Waals surface area contributed by atoms with Crippen molar-refractivity contribution >= 4 is 0 Å². The van der Waals surface area contributed by atoms with Gasteiger partial charge in [0.15, 0.2) is 0 Å². The summed E-state index contributed by atoms with van der Waals surface area (Å²) in [7, 11) is 0. The van der Waals surface area contributed by atoms with Crippen molar-refractivity contribution in [1.82, 2.24) is 0 Å². The Morgan fingerprint density at radius 3 is 2.54 bits per heavy atom. The van der Waals surface area contributed by atoms with Crippen LogP contribution in [0.25, 0.3) is 0 Å². The minimum Gasteiger partial charge on any atom is -0.498 e. The van der Waals surface area contributed by atoms with Crippen LogP contribution < -0.4 is 0 Å². The van der Waals surface area contributed by atoms with Gasteiger partial charge in [-0.25, -0.2) is 0 Å². The van der Waals surface area contributed by atoms with E-state index in [1.54, 1.807) is 16.7 Å². The van der Waals surface area contributed by atoms with E-state index in [0.29, 0.717) is 10.8 Å². The second-order valence-corrected chi connectivity index (χ2v) is 9.69. The van der Waals surface area contributed by atoms with Gasteiger partial charge in [-0.15, -0.1) is 0 Å². The van der Waals surface area contributed by atoms with Crippen LogP contribution in [0.4, 0.5) is 0 Å². The van der Waals surface area contributed by atoms with Crippen LogP contribution in [0.2, 0.25) is 0 Å². The zero-order chi connectivity index (χ0) is 18.5. The molecule has 4 aliphatic rings. The normalized spacial score (nSPS) is 41.8. The van der Waals surface area contributed by atoms with Crippen LogP contribution in [0.3, 0.4) is 0 Å². The highest BCUT2D eigenvalue weighted by Gasteiger charge is 2.56. The van der Waals surface area contributed by atoms with Gasteiger partial charge in [-0.05, 0) is 92.1 Å². The van der Waals surface area contributed by atoms with Gasteiger partial charge in [0.2, 0.25) is 0 Å². The van der Waals surface area contributed by atoms with Crippen molar-refractivity contribution in [3.8, 4) is 0 Å². The second kappa shape index (κ2) is 6.57. The van der Waals surface area contributed by atoms with E-state index in [9.17, 15) is 0 Å². The molecule has 0 heterocycles. The molecule has 5 unspecified atom stereocenters. The molecule has 1 nitrogen and oxygen atoms in total. The first-order valence-electron chi connectivity index (χ1n) is 11.2. The van der Waals surface area contributed by atoms with Crippen molar-refractivity contribution in [1.29, 1.82) is 0 Å². The second-order valence-electron chi connectivity index (χ2n) is 9.69. The fourth-order valence-electron chi connectivity index (χ4n) is 7.40. The van der Waals surface area contributed by atoms with E-state index < -0.39 is 0 Å². The fraction of sp³-hybridized carbons (Fsp3) is 0.760. The molecule has 0 aromatic heterocycles. The largest absolute Gasteiger partial charge is 0.498 e. The van der Waals surface area contributed by atoms with Crippen molar-refractivity contribution in [2.24, 2.45) is 28.6 Å². The third kappa shape index (κ3) is 2.49. The minimum atomic E-state index is 0.380. The molecule has 4 rings (SSSR count). The molecule has 5 atom stereocenters. The van der Waals surface area contributed by atoms with Crippen LogP contribution in [-0.2, 0) is 4.74 Å². The molecule has 0 spiro atoms. The molecule has 4 aliphatic carbocycles. The molecule has 0 radical (unpaired) electrons. The Balaban J connectivity index is 1.73. The molecule has 0 bridgehead atoms. The summed E-state index contributed by atoms with van der Waals surface area (Å²) in [5.41, 5.74) is 6.04. The lowest BCUT2D eigenvalue weighted by Crippen LogP contribution is -2.49. The Bertz CT molecular complexity index is 666. The number of hydrogen-bond acceptors (Lipinski definition) is 1. The molecule has 1 heteroatoms. The van der Waals surface area contributed by atoms with Crippen LogP contribution in [0, 0.1) is 28.6 Å². The number of ether oxygens (including phenoxy) is 1. The third-order valence-corrected chi connectivity index (χ3v) is 8.81. The number of fused-ring (bicyclic) bond motifs is 5. The number of hydrogen-bond donors (Lipinski definition) is 0. The van der Waals surface area contributed by atoms with Gasteiger partial charge >= 0.3 is 0 Å². The summed E-state index contributed by atoms with van der Waals surface area (Å²) in [6.45, 7) is 12.8. The summed E-state index contributed by atoms with van der Waals surface area (Å²) in [5.74, 6) is 3.88. The molecular weight excluding hydrogens is 316 g/mol. The van der Waals surface area contributed by atoms with Crippen LogP contribution in [-0.4, -0.2) is 6.61 Å². The molecule has 0 saturated heterocycles. The summed E-state index contributed by atoms with van der Waals surface area (Å²) < 4.78 is 5.94. The SMILES string of the molecule is CCOC1=CC2=C(CC)CC3C4CC=C(CC)C4(C)CCC3C2(C)CC1. The summed E-state index contributed by atoms with van der Waals surface area (Å²) in [6.07, 6.45) is 15.5. The molecule has 0 N–H and O–H groups in total. The van der Waals surface area contributed by atoms with Crippen LogP contribution in [0.1, 0.15) is 86.0 Å². The molecule has 0 amide bonds. The van der Waals surface area contributed by atoms with Gasteiger partial charge in [-0.3, -0.25) is 0 Å². The van der Waals surface area contributed by atoms with Crippen LogP contribution in [0.5, 0.6) is 0 Å².